The van der Waals surface area contributed by atoms with Crippen LogP contribution >= 0.6 is 0 Å². The molecule has 0 aromatic heterocycles. The van der Waals surface area contributed by atoms with Crippen molar-refractivity contribution in [1.29, 1.82) is 0 Å². The minimum atomic E-state index is -3.91. The van der Waals surface area contributed by atoms with Gasteiger partial charge in [0.2, 0.25) is 0 Å². The van der Waals surface area contributed by atoms with Gasteiger partial charge in [-0.3, -0.25) is 19.3 Å². The average molecular weight is 497 g/mol. The standard InChI is InChI=1S/C26H29FN4O3S/c27-23-9-11-24(12-10-23)29-35(33,34)25-8-4-7-22(19-25)26(32)28-13-14-30-15-17-31(18-16-30)20-21-5-2-1-3-6-21/h1-12,19,29H,13-18,20H2,(H,28,32). The summed E-state index contributed by atoms with van der Waals surface area (Å²) in [5, 5.41) is 2.88. The molecule has 0 atom stereocenters. The fourth-order valence-electron chi connectivity index (χ4n) is 3.98. The third-order valence-corrected chi connectivity index (χ3v) is 7.31. The van der Waals surface area contributed by atoms with E-state index in [1.807, 2.05) is 6.07 Å². The number of rotatable bonds is 9. The minimum Gasteiger partial charge on any atom is -0.351 e. The highest BCUT2D eigenvalue weighted by Crippen LogP contribution is 2.17. The van der Waals surface area contributed by atoms with Crippen LogP contribution in [-0.4, -0.2) is 63.4 Å². The second kappa shape index (κ2) is 11.4. The van der Waals surface area contributed by atoms with E-state index < -0.39 is 15.8 Å². The number of nitrogens with one attached hydrogen (secondary N) is 2. The number of hydrogen-bond donors (Lipinski definition) is 2. The van der Waals surface area contributed by atoms with Crippen molar-refractivity contribution in [3.8, 4) is 0 Å². The summed E-state index contributed by atoms with van der Waals surface area (Å²) in [7, 11) is -3.91. The molecule has 0 radical (unpaired) electrons. The summed E-state index contributed by atoms with van der Waals surface area (Å²) in [6.45, 7) is 5.97. The van der Waals surface area contributed by atoms with E-state index >= 15 is 0 Å². The highest BCUT2D eigenvalue weighted by molar-refractivity contribution is 7.92. The predicted octanol–water partition coefficient (Wildman–Crippen LogP) is 3.17. The maximum Gasteiger partial charge on any atom is 0.261 e. The number of halogens is 1. The molecule has 1 aliphatic rings. The van der Waals surface area contributed by atoms with E-state index in [1.54, 1.807) is 6.07 Å². The summed E-state index contributed by atoms with van der Waals surface area (Å²) in [5.74, 6) is -0.785. The van der Waals surface area contributed by atoms with Crippen LogP contribution in [0.5, 0.6) is 0 Å². The molecule has 3 aromatic carbocycles. The molecule has 7 nitrogen and oxygen atoms in total. The Morgan fingerprint density at radius 3 is 2.26 bits per heavy atom. The van der Waals surface area contributed by atoms with Gasteiger partial charge in [0.15, 0.2) is 0 Å². The number of benzene rings is 3. The van der Waals surface area contributed by atoms with Gasteiger partial charge in [-0.25, -0.2) is 12.8 Å². The van der Waals surface area contributed by atoms with Crippen molar-refractivity contribution in [3.05, 3.63) is 95.8 Å². The second-order valence-electron chi connectivity index (χ2n) is 8.50. The normalized spacial score (nSPS) is 15.0. The van der Waals surface area contributed by atoms with Crippen LogP contribution in [0.1, 0.15) is 15.9 Å². The predicted molar refractivity (Wildman–Crippen MR) is 134 cm³/mol. The molecule has 0 saturated carbocycles. The molecule has 0 bridgehead atoms. The lowest BCUT2D eigenvalue weighted by Crippen LogP contribution is -2.48. The highest BCUT2D eigenvalue weighted by atomic mass is 32.2. The van der Waals surface area contributed by atoms with Crippen molar-refractivity contribution < 1.29 is 17.6 Å². The first-order chi connectivity index (χ1) is 16.9. The average Bonchev–Trinajstić information content (AvgIpc) is 2.87. The van der Waals surface area contributed by atoms with Gasteiger partial charge in [0, 0.05) is 57.1 Å². The first kappa shape index (κ1) is 24.8. The molecule has 35 heavy (non-hydrogen) atoms. The summed E-state index contributed by atoms with van der Waals surface area (Å²) in [5.41, 5.74) is 1.81. The lowest BCUT2D eigenvalue weighted by molar-refractivity contribution is 0.0934. The molecule has 1 heterocycles. The number of anilines is 1. The molecule has 1 saturated heterocycles. The number of hydrogen-bond acceptors (Lipinski definition) is 5. The molecule has 0 aliphatic carbocycles. The van der Waals surface area contributed by atoms with Crippen LogP contribution < -0.4 is 10.0 Å². The van der Waals surface area contributed by atoms with Gasteiger partial charge in [0.1, 0.15) is 5.82 Å². The number of amides is 1. The Balaban J connectivity index is 1.24. The molecule has 1 aliphatic heterocycles. The number of piperazine rings is 1. The first-order valence-corrected chi connectivity index (χ1v) is 13.0. The van der Waals surface area contributed by atoms with Crippen molar-refractivity contribution in [1.82, 2.24) is 15.1 Å². The molecule has 1 amide bonds. The van der Waals surface area contributed by atoms with E-state index in [9.17, 15) is 17.6 Å². The van der Waals surface area contributed by atoms with Gasteiger partial charge in [0.25, 0.3) is 15.9 Å². The van der Waals surface area contributed by atoms with Crippen LogP contribution in [-0.2, 0) is 16.6 Å². The Morgan fingerprint density at radius 1 is 0.857 bits per heavy atom. The Labute approximate surface area is 205 Å². The molecule has 9 heteroatoms. The van der Waals surface area contributed by atoms with Gasteiger partial charge in [0.05, 0.1) is 4.90 Å². The van der Waals surface area contributed by atoms with E-state index in [0.29, 0.717) is 6.54 Å². The topological polar surface area (TPSA) is 81.8 Å². The van der Waals surface area contributed by atoms with Crippen LogP contribution in [0.4, 0.5) is 10.1 Å². The number of sulfonamides is 1. The maximum atomic E-state index is 13.1. The van der Waals surface area contributed by atoms with Crippen LogP contribution in [0.15, 0.2) is 83.8 Å². The lowest BCUT2D eigenvalue weighted by atomic mass is 10.2. The van der Waals surface area contributed by atoms with Gasteiger partial charge >= 0.3 is 0 Å². The summed E-state index contributed by atoms with van der Waals surface area (Å²) < 4.78 is 40.8. The van der Waals surface area contributed by atoms with E-state index in [1.165, 1.54) is 48.0 Å². The van der Waals surface area contributed by atoms with Gasteiger partial charge < -0.3 is 5.32 Å². The van der Waals surface area contributed by atoms with Crippen molar-refractivity contribution in [2.24, 2.45) is 0 Å². The smallest absolute Gasteiger partial charge is 0.261 e. The third kappa shape index (κ3) is 7.11. The maximum absolute atomic E-state index is 13.1. The van der Waals surface area contributed by atoms with Gasteiger partial charge in [-0.2, -0.15) is 0 Å². The molecule has 4 rings (SSSR count). The van der Waals surface area contributed by atoms with E-state index in [0.717, 1.165) is 39.3 Å². The highest BCUT2D eigenvalue weighted by Gasteiger charge is 2.18. The fourth-order valence-corrected chi connectivity index (χ4v) is 5.08. The molecule has 0 unspecified atom stereocenters. The minimum absolute atomic E-state index is 0.0380. The van der Waals surface area contributed by atoms with Crippen LogP contribution in [0, 0.1) is 5.82 Å². The summed E-state index contributed by atoms with van der Waals surface area (Å²) in [4.78, 5) is 17.3. The number of carbonyl (C=O) groups is 1. The van der Waals surface area contributed by atoms with Crippen molar-refractivity contribution in [3.63, 3.8) is 0 Å². The summed E-state index contributed by atoms with van der Waals surface area (Å²) in [6.07, 6.45) is 0. The summed E-state index contributed by atoms with van der Waals surface area (Å²) >= 11 is 0. The second-order valence-corrected chi connectivity index (χ2v) is 10.2. The molecule has 2 N–H and O–H groups in total. The molecular weight excluding hydrogens is 467 g/mol. The van der Waals surface area contributed by atoms with E-state index in [2.05, 4.69) is 44.1 Å². The SMILES string of the molecule is O=C(NCCN1CCN(Cc2ccccc2)CC1)c1cccc(S(=O)(=O)Nc2ccc(F)cc2)c1. The van der Waals surface area contributed by atoms with E-state index in [4.69, 9.17) is 0 Å². The Kier molecular flexibility index (Phi) is 8.12. The van der Waals surface area contributed by atoms with Crippen LogP contribution in [0.25, 0.3) is 0 Å². The van der Waals surface area contributed by atoms with Crippen molar-refractivity contribution in [2.75, 3.05) is 44.0 Å². The van der Waals surface area contributed by atoms with Crippen molar-refractivity contribution in [2.45, 2.75) is 11.4 Å². The van der Waals surface area contributed by atoms with Crippen LogP contribution in [0.2, 0.25) is 0 Å². The first-order valence-electron chi connectivity index (χ1n) is 11.5. The molecule has 1 fully saturated rings. The molecule has 184 valence electrons. The largest absolute Gasteiger partial charge is 0.351 e. The monoisotopic (exact) mass is 496 g/mol. The van der Waals surface area contributed by atoms with Gasteiger partial charge in [-0.05, 0) is 48.0 Å². The number of carbonyl (C=O) groups excluding carboxylic acids is 1. The third-order valence-electron chi connectivity index (χ3n) is 5.93. The van der Waals surface area contributed by atoms with Crippen molar-refractivity contribution >= 4 is 21.6 Å². The zero-order valence-corrected chi connectivity index (χ0v) is 20.2. The molecular formula is C26H29FN4O3S. The Bertz CT molecular complexity index is 1230. The van der Waals surface area contributed by atoms with E-state index in [-0.39, 0.29) is 22.1 Å². The summed E-state index contributed by atoms with van der Waals surface area (Å²) in [6, 6.07) is 21.3. The fraction of sp³-hybridized carbons (Fsp3) is 0.269. The molecule has 3 aromatic rings. The lowest BCUT2D eigenvalue weighted by Gasteiger charge is -2.34. The Morgan fingerprint density at radius 2 is 1.54 bits per heavy atom. The van der Waals surface area contributed by atoms with Gasteiger partial charge in [-0.15, -0.1) is 0 Å². The van der Waals surface area contributed by atoms with Gasteiger partial charge in [-0.1, -0.05) is 36.4 Å². The quantitative estimate of drug-likeness (QED) is 0.476. The Hall–Kier alpha value is -3.27. The zero-order valence-electron chi connectivity index (χ0n) is 19.4. The number of nitrogens with zero attached hydrogens (tertiary/aromatic N) is 2. The zero-order chi connectivity index (χ0) is 24.7. The van der Waals surface area contributed by atoms with Crippen LogP contribution in [0.3, 0.4) is 0 Å². The molecule has 0 spiro atoms.